The summed E-state index contributed by atoms with van der Waals surface area (Å²) in [4.78, 5) is 22.6. The molecule has 0 unspecified atom stereocenters. The molecule has 0 heterocycles. The van der Waals surface area contributed by atoms with E-state index in [1.807, 2.05) is 0 Å². The molecule has 0 aromatic heterocycles. The number of carboxylic acids is 1. The molecule has 0 aromatic rings. The smallest absolute Gasteiger partial charge is 0.322 e. The van der Waals surface area contributed by atoms with Gasteiger partial charge in [0.05, 0.1) is 0 Å². The fourth-order valence-electron chi connectivity index (χ4n) is 4.30. The standard InChI is InChI=1S/C17H29NO3/c19-16(18-12-17(20)21)11-15(13-7-3-1-4-8-13)14-9-5-2-6-10-14/h13-15H,1-12H2,(H,18,19)(H,20,21). The highest BCUT2D eigenvalue weighted by Gasteiger charge is 2.32. The van der Waals surface area contributed by atoms with E-state index in [1.54, 1.807) is 0 Å². The van der Waals surface area contributed by atoms with Crippen molar-refractivity contribution in [2.24, 2.45) is 17.8 Å². The zero-order chi connectivity index (χ0) is 15.1. The lowest BCUT2D eigenvalue weighted by Gasteiger charge is -2.37. The molecule has 4 heteroatoms. The molecular formula is C17H29NO3. The van der Waals surface area contributed by atoms with Crippen LogP contribution in [-0.4, -0.2) is 23.5 Å². The van der Waals surface area contributed by atoms with Crippen molar-refractivity contribution in [3.63, 3.8) is 0 Å². The summed E-state index contributed by atoms with van der Waals surface area (Å²) in [5.41, 5.74) is 0. The molecule has 4 nitrogen and oxygen atoms in total. The van der Waals surface area contributed by atoms with E-state index >= 15 is 0 Å². The van der Waals surface area contributed by atoms with Gasteiger partial charge in [0.2, 0.25) is 5.91 Å². The number of rotatable bonds is 6. The first-order chi connectivity index (χ1) is 10.2. The van der Waals surface area contributed by atoms with E-state index in [4.69, 9.17) is 5.11 Å². The van der Waals surface area contributed by atoms with Crippen LogP contribution in [0.3, 0.4) is 0 Å². The molecule has 0 bridgehead atoms. The summed E-state index contributed by atoms with van der Waals surface area (Å²) in [6.07, 6.45) is 13.4. The van der Waals surface area contributed by atoms with Crippen molar-refractivity contribution in [2.75, 3.05) is 6.54 Å². The molecule has 0 atom stereocenters. The molecule has 0 aromatic carbocycles. The number of carboxylic acid groups (broad SMARTS) is 1. The molecule has 120 valence electrons. The second-order valence-electron chi connectivity index (χ2n) is 6.83. The van der Waals surface area contributed by atoms with Crippen LogP contribution in [0.15, 0.2) is 0 Å². The third kappa shape index (κ3) is 5.33. The van der Waals surface area contributed by atoms with Gasteiger partial charge in [-0.1, -0.05) is 64.2 Å². The van der Waals surface area contributed by atoms with Gasteiger partial charge in [-0.3, -0.25) is 9.59 Å². The van der Waals surface area contributed by atoms with Crippen molar-refractivity contribution in [1.82, 2.24) is 5.32 Å². The highest BCUT2D eigenvalue weighted by molar-refractivity contribution is 5.81. The molecule has 0 spiro atoms. The Bertz CT molecular complexity index is 326. The number of amides is 1. The Morgan fingerprint density at radius 3 is 1.81 bits per heavy atom. The fraction of sp³-hybridized carbons (Fsp3) is 0.882. The molecule has 21 heavy (non-hydrogen) atoms. The van der Waals surface area contributed by atoms with Gasteiger partial charge < -0.3 is 10.4 Å². The van der Waals surface area contributed by atoms with E-state index in [2.05, 4.69) is 5.32 Å². The predicted octanol–water partition coefficient (Wildman–Crippen LogP) is 3.35. The van der Waals surface area contributed by atoms with Crippen molar-refractivity contribution in [1.29, 1.82) is 0 Å². The third-order valence-electron chi connectivity index (χ3n) is 5.37. The molecule has 2 fully saturated rings. The molecular weight excluding hydrogens is 266 g/mol. The van der Waals surface area contributed by atoms with Crippen LogP contribution < -0.4 is 5.32 Å². The molecule has 2 N–H and O–H groups in total. The van der Waals surface area contributed by atoms with Gasteiger partial charge in [-0.05, 0) is 17.8 Å². The Labute approximate surface area is 127 Å². The highest BCUT2D eigenvalue weighted by Crippen LogP contribution is 2.41. The van der Waals surface area contributed by atoms with E-state index < -0.39 is 5.97 Å². The maximum absolute atomic E-state index is 12.1. The monoisotopic (exact) mass is 295 g/mol. The maximum atomic E-state index is 12.1. The van der Waals surface area contributed by atoms with Gasteiger partial charge in [0.25, 0.3) is 0 Å². The molecule has 2 aliphatic rings. The van der Waals surface area contributed by atoms with Gasteiger partial charge in [-0.15, -0.1) is 0 Å². The Balaban J connectivity index is 1.93. The van der Waals surface area contributed by atoms with E-state index in [9.17, 15) is 9.59 Å². The Morgan fingerprint density at radius 2 is 1.38 bits per heavy atom. The number of carbonyl (C=O) groups is 2. The zero-order valence-electron chi connectivity index (χ0n) is 13.0. The average Bonchev–Trinajstić information content (AvgIpc) is 2.52. The lowest BCUT2D eigenvalue weighted by Crippen LogP contribution is -2.35. The SMILES string of the molecule is O=C(O)CNC(=O)CC(C1CCCCC1)C1CCCCC1. The van der Waals surface area contributed by atoms with E-state index in [-0.39, 0.29) is 12.5 Å². The van der Waals surface area contributed by atoms with Crippen molar-refractivity contribution in [2.45, 2.75) is 70.6 Å². The third-order valence-corrected chi connectivity index (χ3v) is 5.37. The van der Waals surface area contributed by atoms with Crippen LogP contribution in [0.1, 0.15) is 70.6 Å². The number of hydrogen-bond donors (Lipinski definition) is 2. The summed E-state index contributed by atoms with van der Waals surface area (Å²) in [5.74, 6) is 0.794. The fourth-order valence-corrected chi connectivity index (χ4v) is 4.30. The summed E-state index contributed by atoms with van der Waals surface area (Å²) in [7, 11) is 0. The van der Waals surface area contributed by atoms with Gasteiger partial charge in [0, 0.05) is 6.42 Å². The minimum Gasteiger partial charge on any atom is -0.480 e. The number of hydrogen-bond acceptors (Lipinski definition) is 2. The first kappa shape index (κ1) is 16.3. The molecule has 2 rings (SSSR count). The van der Waals surface area contributed by atoms with Gasteiger partial charge in [0.1, 0.15) is 6.54 Å². The quantitative estimate of drug-likeness (QED) is 0.789. The van der Waals surface area contributed by atoms with E-state index in [1.165, 1.54) is 64.2 Å². The van der Waals surface area contributed by atoms with Gasteiger partial charge >= 0.3 is 5.97 Å². The van der Waals surface area contributed by atoms with Gasteiger partial charge in [0.15, 0.2) is 0 Å². The van der Waals surface area contributed by atoms with Crippen molar-refractivity contribution < 1.29 is 14.7 Å². The summed E-state index contributed by atoms with van der Waals surface area (Å²) >= 11 is 0. The maximum Gasteiger partial charge on any atom is 0.322 e. The van der Waals surface area contributed by atoms with Gasteiger partial charge in [-0.2, -0.15) is 0 Å². The van der Waals surface area contributed by atoms with Crippen LogP contribution in [0.4, 0.5) is 0 Å². The second kappa shape index (κ2) is 8.40. The minimum absolute atomic E-state index is 0.0708. The van der Waals surface area contributed by atoms with Crippen LogP contribution in [0.2, 0.25) is 0 Å². The Morgan fingerprint density at radius 1 is 0.905 bits per heavy atom. The minimum atomic E-state index is -0.963. The molecule has 2 saturated carbocycles. The highest BCUT2D eigenvalue weighted by atomic mass is 16.4. The Kier molecular flexibility index (Phi) is 6.52. The first-order valence-electron chi connectivity index (χ1n) is 8.65. The summed E-state index contributed by atoms with van der Waals surface area (Å²) in [5, 5.41) is 11.2. The van der Waals surface area contributed by atoms with E-state index in [0.29, 0.717) is 24.2 Å². The molecule has 1 amide bonds. The lowest BCUT2D eigenvalue weighted by atomic mass is 9.68. The molecule has 0 radical (unpaired) electrons. The molecule has 0 aliphatic heterocycles. The zero-order valence-corrected chi connectivity index (χ0v) is 13.0. The topological polar surface area (TPSA) is 66.4 Å². The number of nitrogens with one attached hydrogen (secondary N) is 1. The largest absolute Gasteiger partial charge is 0.480 e. The first-order valence-corrected chi connectivity index (χ1v) is 8.65. The van der Waals surface area contributed by atoms with Crippen LogP contribution in [-0.2, 0) is 9.59 Å². The van der Waals surface area contributed by atoms with Crippen molar-refractivity contribution >= 4 is 11.9 Å². The Hall–Kier alpha value is -1.06. The second-order valence-corrected chi connectivity index (χ2v) is 6.83. The number of aliphatic carboxylic acids is 1. The lowest BCUT2D eigenvalue weighted by molar-refractivity contribution is -0.138. The summed E-state index contributed by atoms with van der Waals surface area (Å²) in [6, 6.07) is 0. The van der Waals surface area contributed by atoms with Crippen LogP contribution in [0.25, 0.3) is 0 Å². The van der Waals surface area contributed by atoms with Crippen molar-refractivity contribution in [3.05, 3.63) is 0 Å². The summed E-state index contributed by atoms with van der Waals surface area (Å²) in [6.45, 7) is -0.249. The number of carbonyl (C=O) groups excluding carboxylic acids is 1. The van der Waals surface area contributed by atoms with Crippen molar-refractivity contribution in [3.8, 4) is 0 Å². The van der Waals surface area contributed by atoms with Crippen LogP contribution >= 0.6 is 0 Å². The predicted molar refractivity (Wildman–Crippen MR) is 81.9 cm³/mol. The molecule has 0 saturated heterocycles. The van der Waals surface area contributed by atoms with Crippen LogP contribution in [0.5, 0.6) is 0 Å². The van der Waals surface area contributed by atoms with Gasteiger partial charge in [-0.25, -0.2) is 0 Å². The van der Waals surface area contributed by atoms with E-state index in [0.717, 1.165) is 0 Å². The average molecular weight is 295 g/mol. The van der Waals surface area contributed by atoms with Crippen LogP contribution in [0, 0.1) is 17.8 Å². The summed E-state index contributed by atoms with van der Waals surface area (Å²) < 4.78 is 0. The normalized spacial score (nSPS) is 21.4. The molecule has 2 aliphatic carbocycles.